The first kappa shape index (κ1) is 32.3. The maximum atomic E-state index is 9.70. The Bertz CT molecular complexity index is 346. The summed E-state index contributed by atoms with van der Waals surface area (Å²) in [5.74, 6) is -0.102. The van der Waals surface area contributed by atoms with Crippen LogP contribution in [0.2, 0.25) is 0 Å². The van der Waals surface area contributed by atoms with Gasteiger partial charge in [-0.05, 0) is 12.5 Å². The second-order valence-electron chi connectivity index (χ2n) is 3.32. The van der Waals surface area contributed by atoms with Gasteiger partial charge in [-0.25, -0.2) is 0 Å². The molecule has 0 atom stereocenters. The van der Waals surface area contributed by atoms with Crippen molar-refractivity contribution >= 4 is 20.2 Å². The van der Waals surface area contributed by atoms with Crippen molar-refractivity contribution in [3.05, 3.63) is 31.9 Å². The average Bonchev–Trinajstić information content (AvgIpc) is 2.76. The molecular weight excluding hydrogens is 344 g/mol. The van der Waals surface area contributed by atoms with E-state index >= 15 is 0 Å². The van der Waals surface area contributed by atoms with Crippen LogP contribution in [0.5, 0.6) is 0 Å². The molecule has 1 heterocycles. The number of amides is 2. The van der Waals surface area contributed by atoms with E-state index in [0.29, 0.717) is 6.54 Å². The molecule has 8 heteroatoms. The summed E-state index contributed by atoms with van der Waals surface area (Å²) in [7, 11) is 4.69. The van der Waals surface area contributed by atoms with E-state index in [1.54, 1.807) is 11.7 Å². The molecular formula is C13H26BN4O2Y-2. The number of hydrogen-bond donors (Lipinski definition) is 2. The molecule has 118 valence electrons. The Morgan fingerprint density at radius 2 is 1.71 bits per heavy atom. The largest absolute Gasteiger partial charge is 0.509 e. The van der Waals surface area contributed by atoms with Gasteiger partial charge in [0, 0.05) is 68.2 Å². The SMILES string of the molecule is C.CNC(C)=O.[B].[CH2-]Cn1cc(C)cn1.[CH2-]NC(C)=O.[Y]. The standard InChI is InChI=1S/C6H9N2.C3H7NO.C3H6NO.CH4.B.Y/c1-3-8-5-6(2)4-7-8;2*1-3(5)4-2;;;/h4-5H,1,3H2,2H3;1-2H3,(H,4,5);2H2,1H3,(H,4,5);1H4;;/q-1;;-1;;;. The zero-order valence-electron chi connectivity index (χ0n) is 12.6. The molecule has 2 N–H and O–H groups in total. The van der Waals surface area contributed by atoms with Gasteiger partial charge in [-0.1, -0.05) is 14.0 Å². The number of nitrogens with one attached hydrogen (secondary N) is 2. The van der Waals surface area contributed by atoms with E-state index in [4.69, 9.17) is 0 Å². The van der Waals surface area contributed by atoms with Crippen molar-refractivity contribution in [2.24, 2.45) is 0 Å². The molecule has 1 rings (SSSR count). The van der Waals surface area contributed by atoms with Crippen LogP contribution >= 0.6 is 0 Å². The van der Waals surface area contributed by atoms with E-state index < -0.39 is 0 Å². The van der Waals surface area contributed by atoms with Crippen molar-refractivity contribution in [3.63, 3.8) is 0 Å². The maximum absolute atomic E-state index is 9.70. The van der Waals surface area contributed by atoms with Crippen molar-refractivity contribution in [1.82, 2.24) is 20.4 Å². The van der Waals surface area contributed by atoms with E-state index in [0.717, 1.165) is 0 Å². The monoisotopic (exact) mass is 370 g/mol. The Hall–Kier alpha value is -0.681. The van der Waals surface area contributed by atoms with Crippen LogP contribution in [0.25, 0.3) is 0 Å². The molecule has 1 aromatic rings. The molecule has 21 heavy (non-hydrogen) atoms. The van der Waals surface area contributed by atoms with Crippen molar-refractivity contribution < 1.29 is 42.3 Å². The van der Waals surface area contributed by atoms with E-state index in [9.17, 15) is 9.59 Å². The number of aromatic nitrogens is 2. The Labute approximate surface area is 156 Å². The zero-order chi connectivity index (χ0) is 14.6. The van der Waals surface area contributed by atoms with Crippen LogP contribution in [-0.2, 0) is 48.8 Å². The zero-order valence-corrected chi connectivity index (χ0v) is 15.5. The number of hydrogen-bond acceptors (Lipinski definition) is 3. The normalized spacial score (nSPS) is 6.95. The van der Waals surface area contributed by atoms with Gasteiger partial charge < -0.3 is 22.2 Å². The number of carbonyl (C=O) groups excluding carboxylic acids is 2. The molecule has 0 aliphatic rings. The van der Waals surface area contributed by atoms with E-state index in [1.165, 1.54) is 19.4 Å². The number of rotatable bonds is 1. The van der Waals surface area contributed by atoms with Crippen LogP contribution < -0.4 is 10.6 Å². The number of carbonyl (C=O) groups is 2. The smallest absolute Gasteiger partial charge is 0.216 e. The van der Waals surface area contributed by atoms with Gasteiger partial charge in [-0.15, -0.1) is 0 Å². The molecule has 0 aliphatic heterocycles. The Balaban J connectivity index is -0.0000000595. The summed E-state index contributed by atoms with van der Waals surface area (Å²) in [4.78, 5) is 19.3. The fourth-order valence-electron chi connectivity index (χ4n) is 0.589. The first-order chi connectivity index (χ1) is 8.37. The molecule has 1 aromatic heterocycles. The van der Waals surface area contributed by atoms with Gasteiger partial charge in [0.05, 0.1) is 6.20 Å². The maximum Gasteiger partial charge on any atom is 0.216 e. The van der Waals surface area contributed by atoms with E-state index in [1.807, 2.05) is 19.3 Å². The molecule has 0 unspecified atom stereocenters. The van der Waals surface area contributed by atoms with Crippen LogP contribution in [-0.4, -0.2) is 37.1 Å². The average molecular weight is 370 g/mol. The molecule has 0 saturated heterocycles. The van der Waals surface area contributed by atoms with Crippen molar-refractivity contribution in [1.29, 1.82) is 0 Å². The first-order valence-electron chi connectivity index (χ1n) is 5.37. The van der Waals surface area contributed by atoms with Crippen molar-refractivity contribution in [2.45, 2.75) is 34.7 Å². The molecule has 0 aliphatic carbocycles. The van der Waals surface area contributed by atoms with Crippen LogP contribution in [0.15, 0.2) is 12.4 Å². The predicted octanol–water partition coefficient (Wildman–Crippen LogP) is 0.945. The minimum Gasteiger partial charge on any atom is -0.509 e. The van der Waals surface area contributed by atoms with Crippen LogP contribution in [0.4, 0.5) is 0 Å². The third-order valence-electron chi connectivity index (χ3n) is 1.59. The summed E-state index contributed by atoms with van der Waals surface area (Å²) in [6.07, 6.45) is 3.79. The Kier molecular flexibility index (Phi) is 33.3. The van der Waals surface area contributed by atoms with Gasteiger partial charge in [-0.2, -0.15) is 5.10 Å². The molecule has 0 aromatic carbocycles. The minimum absolute atomic E-state index is 0. The third kappa shape index (κ3) is 28.3. The summed E-state index contributed by atoms with van der Waals surface area (Å²) in [6.45, 7) is 9.28. The molecule has 6 nitrogen and oxygen atoms in total. The van der Waals surface area contributed by atoms with Gasteiger partial charge >= 0.3 is 0 Å². The summed E-state index contributed by atoms with van der Waals surface area (Å²) in [5, 5.41) is 8.52. The van der Waals surface area contributed by atoms with E-state index in [2.05, 4.69) is 29.7 Å². The Morgan fingerprint density at radius 3 is 1.81 bits per heavy atom. The molecule has 2 amide bonds. The van der Waals surface area contributed by atoms with Gasteiger partial charge in [0.2, 0.25) is 5.91 Å². The fourth-order valence-corrected chi connectivity index (χ4v) is 0.589. The fraction of sp³-hybridized carbons (Fsp3) is 0.462. The predicted molar refractivity (Wildman–Crippen MR) is 83.7 cm³/mol. The summed E-state index contributed by atoms with van der Waals surface area (Å²) >= 11 is 0. The summed E-state index contributed by atoms with van der Waals surface area (Å²) < 4.78 is 1.80. The molecule has 4 radical (unpaired) electrons. The van der Waals surface area contributed by atoms with Gasteiger partial charge in [0.15, 0.2) is 5.91 Å². The number of nitrogens with zero attached hydrogens (tertiary/aromatic N) is 2. The molecule has 0 saturated carbocycles. The van der Waals surface area contributed by atoms with Crippen molar-refractivity contribution in [2.75, 3.05) is 7.05 Å². The van der Waals surface area contributed by atoms with E-state index in [-0.39, 0.29) is 60.4 Å². The summed E-state index contributed by atoms with van der Waals surface area (Å²) in [6, 6.07) is 0. The van der Waals surface area contributed by atoms with Gasteiger partial charge in [0.25, 0.3) is 0 Å². The van der Waals surface area contributed by atoms with Crippen LogP contribution in [0, 0.1) is 20.9 Å². The second kappa shape index (κ2) is 21.6. The van der Waals surface area contributed by atoms with Gasteiger partial charge in [0.1, 0.15) is 0 Å². The van der Waals surface area contributed by atoms with Gasteiger partial charge in [-0.3, -0.25) is 16.6 Å². The molecule has 0 fully saturated rings. The number of aryl methyl sites for hydroxylation is 1. The molecule has 0 bridgehead atoms. The summed E-state index contributed by atoms with van der Waals surface area (Å²) in [5.41, 5.74) is 1.19. The topological polar surface area (TPSA) is 76.0 Å². The second-order valence-corrected chi connectivity index (χ2v) is 3.32. The quantitative estimate of drug-likeness (QED) is 0.571. The van der Waals surface area contributed by atoms with Crippen molar-refractivity contribution in [3.8, 4) is 0 Å². The first-order valence-corrected chi connectivity index (χ1v) is 5.37. The molecule has 0 spiro atoms. The Morgan fingerprint density at radius 1 is 1.33 bits per heavy atom. The minimum atomic E-state index is -0.106. The van der Waals surface area contributed by atoms with Crippen LogP contribution in [0.1, 0.15) is 26.8 Å². The third-order valence-corrected chi connectivity index (χ3v) is 1.59. The van der Waals surface area contributed by atoms with Crippen LogP contribution in [0.3, 0.4) is 0 Å².